The van der Waals surface area contributed by atoms with Crippen LogP contribution in [0.5, 0.6) is 0 Å². The molecule has 8 nitrogen and oxygen atoms in total. The second-order valence-electron chi connectivity index (χ2n) is 9.27. The van der Waals surface area contributed by atoms with E-state index in [4.69, 9.17) is 9.73 Å². The standard InChI is InChI=1S/C27H37N5O3S/c1-5-31(6-2)26(34)24-20(4)29-27-32(25(24)21-9-7-8-19(3)16-21)22(18-36-27)17-23(33)28-10-11-30-12-14-35-15-13-30/h7-9,16,18,25H,5-6,10-15,17H2,1-4H3,(H,28,33). The first-order chi connectivity index (χ1) is 17.4. The number of likely N-dealkylation sites (N-methyl/N-ethyl adjacent to an activating group) is 1. The highest BCUT2D eigenvalue weighted by molar-refractivity contribution is 8.16. The van der Waals surface area contributed by atoms with Crippen molar-refractivity contribution in [3.63, 3.8) is 0 Å². The van der Waals surface area contributed by atoms with Gasteiger partial charge < -0.3 is 19.9 Å². The number of aliphatic imine (C=N–C) groups is 1. The van der Waals surface area contributed by atoms with E-state index in [-0.39, 0.29) is 24.3 Å². The van der Waals surface area contributed by atoms with Crippen molar-refractivity contribution in [2.24, 2.45) is 4.99 Å². The second-order valence-corrected chi connectivity index (χ2v) is 10.1. The van der Waals surface area contributed by atoms with Crippen molar-refractivity contribution in [2.75, 3.05) is 52.5 Å². The van der Waals surface area contributed by atoms with E-state index >= 15 is 0 Å². The third-order valence-corrected chi connectivity index (χ3v) is 7.72. The molecule has 3 aliphatic rings. The molecule has 1 unspecified atom stereocenters. The van der Waals surface area contributed by atoms with Crippen molar-refractivity contribution in [1.82, 2.24) is 20.0 Å². The van der Waals surface area contributed by atoms with E-state index < -0.39 is 0 Å². The summed E-state index contributed by atoms with van der Waals surface area (Å²) in [6.45, 7) is 13.9. The number of hydrogen-bond donors (Lipinski definition) is 1. The predicted molar refractivity (Wildman–Crippen MR) is 144 cm³/mol. The molecular weight excluding hydrogens is 474 g/mol. The van der Waals surface area contributed by atoms with Crippen molar-refractivity contribution < 1.29 is 14.3 Å². The zero-order valence-corrected chi connectivity index (χ0v) is 22.6. The predicted octanol–water partition coefficient (Wildman–Crippen LogP) is 3.28. The summed E-state index contributed by atoms with van der Waals surface area (Å²) in [6, 6.07) is 7.94. The molecule has 36 heavy (non-hydrogen) atoms. The molecule has 4 rings (SSSR count). The summed E-state index contributed by atoms with van der Waals surface area (Å²) in [6.07, 6.45) is 0.239. The lowest BCUT2D eigenvalue weighted by molar-refractivity contribution is -0.127. The Balaban J connectivity index is 1.55. The molecule has 0 bridgehead atoms. The lowest BCUT2D eigenvalue weighted by atomic mass is 9.92. The minimum absolute atomic E-state index is 0.00183. The molecule has 9 heteroatoms. The number of allylic oxidation sites excluding steroid dienone is 1. The summed E-state index contributed by atoms with van der Waals surface area (Å²) in [5.74, 6) is -0.0275. The number of aryl methyl sites for hydroxylation is 1. The molecule has 3 heterocycles. The molecule has 0 spiro atoms. The Morgan fingerprint density at radius 2 is 1.94 bits per heavy atom. The fourth-order valence-corrected chi connectivity index (χ4v) is 5.85. The number of ether oxygens (including phenoxy) is 1. The van der Waals surface area contributed by atoms with E-state index in [9.17, 15) is 9.59 Å². The third kappa shape index (κ3) is 5.85. The Bertz CT molecular complexity index is 1070. The number of amides is 2. The second kappa shape index (κ2) is 12.1. The Morgan fingerprint density at radius 1 is 1.19 bits per heavy atom. The van der Waals surface area contributed by atoms with Gasteiger partial charge in [-0.25, -0.2) is 4.99 Å². The first kappa shape index (κ1) is 26.4. The highest BCUT2D eigenvalue weighted by atomic mass is 32.2. The average Bonchev–Trinajstić information content (AvgIpc) is 3.26. The first-order valence-electron chi connectivity index (χ1n) is 12.8. The average molecular weight is 512 g/mol. The van der Waals surface area contributed by atoms with Gasteiger partial charge in [0.05, 0.1) is 36.9 Å². The fraction of sp³-hybridized carbons (Fsp3) is 0.519. The molecule has 1 N–H and O–H groups in total. The van der Waals surface area contributed by atoms with Gasteiger partial charge in [-0.2, -0.15) is 0 Å². The molecule has 194 valence electrons. The Morgan fingerprint density at radius 3 is 2.64 bits per heavy atom. The Labute approximate surface area is 218 Å². The van der Waals surface area contributed by atoms with Gasteiger partial charge in [0.2, 0.25) is 5.91 Å². The van der Waals surface area contributed by atoms with Gasteiger partial charge in [-0.1, -0.05) is 41.6 Å². The lowest BCUT2D eigenvalue weighted by Gasteiger charge is -2.38. The van der Waals surface area contributed by atoms with Gasteiger partial charge in [-0.05, 0) is 38.7 Å². The maximum Gasteiger partial charge on any atom is 0.254 e. The van der Waals surface area contributed by atoms with Crippen LogP contribution in [0.4, 0.5) is 0 Å². The normalized spacial score (nSPS) is 20.1. The van der Waals surface area contributed by atoms with E-state index in [0.29, 0.717) is 25.2 Å². The molecule has 1 aromatic carbocycles. The van der Waals surface area contributed by atoms with E-state index in [1.54, 1.807) is 0 Å². The molecule has 2 amide bonds. The van der Waals surface area contributed by atoms with E-state index in [1.807, 2.05) is 37.1 Å². The molecule has 1 aromatic rings. The van der Waals surface area contributed by atoms with Crippen LogP contribution in [0.1, 0.15) is 44.4 Å². The zero-order chi connectivity index (χ0) is 25.7. The summed E-state index contributed by atoms with van der Waals surface area (Å²) in [5, 5.41) is 5.88. The van der Waals surface area contributed by atoms with Gasteiger partial charge in [0.1, 0.15) is 0 Å². The minimum Gasteiger partial charge on any atom is -0.379 e. The van der Waals surface area contributed by atoms with Gasteiger partial charge in [0.15, 0.2) is 5.17 Å². The molecule has 1 fully saturated rings. The van der Waals surface area contributed by atoms with Gasteiger partial charge in [0, 0.05) is 45.0 Å². The SMILES string of the molecule is CCN(CC)C(=O)C1=C(C)N=C2SC=C(CC(=O)NCCN3CCOCC3)N2C1c1cccc(C)c1. The smallest absolute Gasteiger partial charge is 0.254 e. The van der Waals surface area contributed by atoms with Crippen molar-refractivity contribution in [3.8, 4) is 0 Å². The van der Waals surface area contributed by atoms with Gasteiger partial charge >= 0.3 is 0 Å². The van der Waals surface area contributed by atoms with Crippen molar-refractivity contribution in [3.05, 3.63) is 57.8 Å². The number of nitrogens with one attached hydrogen (secondary N) is 1. The fourth-order valence-electron chi connectivity index (χ4n) is 4.89. The van der Waals surface area contributed by atoms with Crippen LogP contribution in [0.3, 0.4) is 0 Å². The van der Waals surface area contributed by atoms with E-state index in [2.05, 4.69) is 40.2 Å². The summed E-state index contributed by atoms with van der Waals surface area (Å²) < 4.78 is 5.40. The largest absolute Gasteiger partial charge is 0.379 e. The first-order valence-corrected chi connectivity index (χ1v) is 13.7. The van der Waals surface area contributed by atoms with E-state index in [0.717, 1.165) is 60.5 Å². The number of carbonyl (C=O) groups is 2. The number of fused-ring (bicyclic) bond motifs is 1. The minimum atomic E-state index is -0.326. The lowest BCUT2D eigenvalue weighted by Crippen LogP contribution is -2.43. The molecule has 0 aliphatic carbocycles. The number of amidine groups is 1. The van der Waals surface area contributed by atoms with Crippen LogP contribution in [0.25, 0.3) is 0 Å². The highest BCUT2D eigenvalue weighted by Gasteiger charge is 2.41. The van der Waals surface area contributed by atoms with Gasteiger partial charge in [-0.3, -0.25) is 14.5 Å². The van der Waals surface area contributed by atoms with Crippen LogP contribution in [0.2, 0.25) is 0 Å². The number of hydrogen-bond acceptors (Lipinski definition) is 7. The van der Waals surface area contributed by atoms with Crippen LogP contribution in [0, 0.1) is 6.92 Å². The van der Waals surface area contributed by atoms with Crippen LogP contribution < -0.4 is 5.32 Å². The summed E-state index contributed by atoms with van der Waals surface area (Å²) >= 11 is 1.52. The van der Waals surface area contributed by atoms with Crippen LogP contribution >= 0.6 is 11.8 Å². The molecule has 1 saturated heterocycles. The third-order valence-electron chi connectivity index (χ3n) is 6.84. The summed E-state index contributed by atoms with van der Waals surface area (Å²) in [5.41, 5.74) is 4.43. The number of carbonyl (C=O) groups excluding carboxylic acids is 2. The van der Waals surface area contributed by atoms with Gasteiger partial charge in [0.25, 0.3) is 5.91 Å². The number of benzene rings is 1. The molecular formula is C27H37N5O3S. The molecule has 3 aliphatic heterocycles. The summed E-state index contributed by atoms with van der Waals surface area (Å²) in [7, 11) is 0. The highest BCUT2D eigenvalue weighted by Crippen LogP contribution is 2.45. The van der Waals surface area contributed by atoms with Crippen LogP contribution in [0.15, 0.2) is 51.6 Å². The maximum atomic E-state index is 13.7. The number of nitrogens with zero attached hydrogens (tertiary/aromatic N) is 4. The number of morpholine rings is 1. The Hall–Kier alpha value is -2.62. The van der Waals surface area contributed by atoms with Crippen molar-refractivity contribution in [2.45, 2.75) is 40.2 Å². The molecule has 1 atom stereocenters. The topological polar surface area (TPSA) is 77.5 Å². The van der Waals surface area contributed by atoms with Crippen molar-refractivity contribution >= 4 is 28.7 Å². The molecule has 0 aromatic heterocycles. The number of rotatable bonds is 9. The van der Waals surface area contributed by atoms with Crippen molar-refractivity contribution in [1.29, 1.82) is 0 Å². The van der Waals surface area contributed by atoms with Crippen LogP contribution in [-0.4, -0.2) is 84.2 Å². The van der Waals surface area contributed by atoms with E-state index in [1.165, 1.54) is 11.8 Å². The maximum absolute atomic E-state index is 13.7. The van der Waals surface area contributed by atoms with Crippen LogP contribution in [-0.2, 0) is 14.3 Å². The van der Waals surface area contributed by atoms with Gasteiger partial charge in [-0.15, -0.1) is 0 Å². The monoisotopic (exact) mass is 511 g/mol. The Kier molecular flexibility index (Phi) is 8.87. The molecule has 0 saturated carbocycles. The molecule has 0 radical (unpaired) electrons. The summed E-state index contributed by atoms with van der Waals surface area (Å²) in [4.78, 5) is 37.7. The zero-order valence-electron chi connectivity index (χ0n) is 21.7. The number of thioether (sulfide) groups is 1. The quantitative estimate of drug-likeness (QED) is 0.548.